The molecule has 0 fully saturated rings. The van der Waals surface area contributed by atoms with Crippen molar-refractivity contribution < 1.29 is 0 Å². The summed E-state index contributed by atoms with van der Waals surface area (Å²) in [5, 5.41) is 3.50. The molecule has 90 valence electrons. The average Bonchev–Trinajstić information content (AvgIpc) is 2.48. The molecule has 1 nitrogen and oxygen atoms in total. The van der Waals surface area contributed by atoms with E-state index in [-0.39, 0.29) is 24.8 Å². The number of halogens is 2. The highest BCUT2D eigenvalue weighted by molar-refractivity contribution is 5.85. The fourth-order valence-electron chi connectivity index (χ4n) is 2.13. The van der Waals surface area contributed by atoms with Crippen LogP contribution in [-0.2, 0) is 12.8 Å². The van der Waals surface area contributed by atoms with Gasteiger partial charge in [0.1, 0.15) is 0 Å². The summed E-state index contributed by atoms with van der Waals surface area (Å²) >= 11 is 0. The van der Waals surface area contributed by atoms with Gasteiger partial charge < -0.3 is 5.32 Å². The zero-order valence-electron chi connectivity index (χ0n) is 9.35. The van der Waals surface area contributed by atoms with Gasteiger partial charge in [-0.1, -0.05) is 36.4 Å². The Labute approximate surface area is 114 Å². The standard InChI is InChI=1S/C14H13N.2ClH/c1-3-7-13-11(5-1)9-10-12-6-2-4-8-14(12)15-13;;/h1-8,15H,9-10H2;2*1H. The summed E-state index contributed by atoms with van der Waals surface area (Å²) in [4.78, 5) is 0. The first-order valence-electron chi connectivity index (χ1n) is 5.36. The van der Waals surface area contributed by atoms with E-state index in [2.05, 4.69) is 53.8 Å². The molecule has 2 aromatic rings. The van der Waals surface area contributed by atoms with Gasteiger partial charge in [-0.25, -0.2) is 0 Å². The van der Waals surface area contributed by atoms with Gasteiger partial charge in [-0.3, -0.25) is 0 Å². The van der Waals surface area contributed by atoms with Gasteiger partial charge in [0.15, 0.2) is 0 Å². The lowest BCUT2D eigenvalue weighted by molar-refractivity contribution is 0.977. The van der Waals surface area contributed by atoms with Gasteiger partial charge in [0, 0.05) is 11.4 Å². The molecule has 3 heteroatoms. The van der Waals surface area contributed by atoms with Crippen molar-refractivity contribution in [2.75, 3.05) is 5.32 Å². The monoisotopic (exact) mass is 267 g/mol. The first-order chi connectivity index (χ1) is 7.43. The summed E-state index contributed by atoms with van der Waals surface area (Å²) < 4.78 is 0. The normalized spacial score (nSPS) is 11.8. The van der Waals surface area contributed by atoms with E-state index in [1.165, 1.54) is 22.5 Å². The highest BCUT2D eigenvalue weighted by Gasteiger charge is 2.10. The maximum absolute atomic E-state index is 3.50. The number of rotatable bonds is 0. The third-order valence-electron chi connectivity index (χ3n) is 2.97. The molecule has 17 heavy (non-hydrogen) atoms. The smallest absolute Gasteiger partial charge is 0.0416 e. The lowest BCUT2D eigenvalue weighted by Gasteiger charge is -2.08. The molecule has 0 saturated carbocycles. The first kappa shape index (κ1) is 13.9. The summed E-state index contributed by atoms with van der Waals surface area (Å²) in [6.07, 6.45) is 2.25. The van der Waals surface area contributed by atoms with Crippen LogP contribution in [0.25, 0.3) is 0 Å². The number of hydrogen-bond donors (Lipinski definition) is 1. The van der Waals surface area contributed by atoms with E-state index in [9.17, 15) is 0 Å². The molecule has 0 aromatic heterocycles. The van der Waals surface area contributed by atoms with Gasteiger partial charge in [0.25, 0.3) is 0 Å². The topological polar surface area (TPSA) is 12.0 Å². The zero-order chi connectivity index (χ0) is 10.1. The Bertz CT molecular complexity index is 452. The molecular formula is C14H15Cl2N. The largest absolute Gasteiger partial charge is 0.355 e. The fraction of sp³-hybridized carbons (Fsp3) is 0.143. The first-order valence-corrected chi connectivity index (χ1v) is 5.36. The number of para-hydroxylation sites is 2. The molecule has 0 unspecified atom stereocenters. The maximum atomic E-state index is 3.50. The van der Waals surface area contributed by atoms with Gasteiger partial charge >= 0.3 is 0 Å². The molecule has 0 bridgehead atoms. The molecule has 3 rings (SSSR count). The Hall–Kier alpha value is -1.18. The van der Waals surface area contributed by atoms with Crippen molar-refractivity contribution >= 4 is 36.2 Å². The molecule has 0 aliphatic carbocycles. The second-order valence-electron chi connectivity index (χ2n) is 3.94. The van der Waals surface area contributed by atoms with Crippen molar-refractivity contribution in [3.63, 3.8) is 0 Å². The zero-order valence-corrected chi connectivity index (χ0v) is 11.0. The van der Waals surface area contributed by atoms with E-state index in [0.29, 0.717) is 0 Å². The van der Waals surface area contributed by atoms with Crippen molar-refractivity contribution in [3.8, 4) is 0 Å². The lowest BCUT2D eigenvalue weighted by atomic mass is 10.0. The molecule has 0 atom stereocenters. The molecule has 1 N–H and O–H groups in total. The van der Waals surface area contributed by atoms with Crippen LogP contribution in [0.5, 0.6) is 0 Å². The van der Waals surface area contributed by atoms with Crippen LogP contribution in [-0.4, -0.2) is 0 Å². The van der Waals surface area contributed by atoms with Gasteiger partial charge in [-0.2, -0.15) is 0 Å². The molecule has 1 aliphatic heterocycles. The van der Waals surface area contributed by atoms with Gasteiger partial charge in [0.2, 0.25) is 0 Å². The van der Waals surface area contributed by atoms with E-state index in [0.717, 1.165) is 12.8 Å². The number of aryl methyl sites for hydroxylation is 2. The van der Waals surface area contributed by atoms with E-state index < -0.39 is 0 Å². The number of fused-ring (bicyclic) bond motifs is 2. The summed E-state index contributed by atoms with van der Waals surface area (Å²) in [6.45, 7) is 0. The Morgan fingerprint density at radius 2 is 1.06 bits per heavy atom. The van der Waals surface area contributed by atoms with Crippen LogP contribution in [0.15, 0.2) is 48.5 Å². The van der Waals surface area contributed by atoms with E-state index in [4.69, 9.17) is 0 Å². The maximum Gasteiger partial charge on any atom is 0.0416 e. The predicted molar refractivity (Wildman–Crippen MR) is 78.1 cm³/mol. The molecule has 0 spiro atoms. The van der Waals surface area contributed by atoms with E-state index in [1.54, 1.807) is 0 Å². The number of hydrogen-bond acceptors (Lipinski definition) is 1. The van der Waals surface area contributed by atoms with Crippen LogP contribution in [0.4, 0.5) is 11.4 Å². The van der Waals surface area contributed by atoms with Crippen molar-refractivity contribution in [1.29, 1.82) is 0 Å². The van der Waals surface area contributed by atoms with Gasteiger partial charge in [-0.15, -0.1) is 24.8 Å². The van der Waals surface area contributed by atoms with Crippen LogP contribution in [0, 0.1) is 0 Å². The third-order valence-corrected chi connectivity index (χ3v) is 2.97. The highest BCUT2D eigenvalue weighted by Crippen LogP contribution is 2.29. The van der Waals surface area contributed by atoms with Crippen molar-refractivity contribution in [1.82, 2.24) is 0 Å². The van der Waals surface area contributed by atoms with Crippen LogP contribution < -0.4 is 5.32 Å². The van der Waals surface area contributed by atoms with Crippen molar-refractivity contribution in [3.05, 3.63) is 59.7 Å². The van der Waals surface area contributed by atoms with E-state index in [1.807, 2.05) is 0 Å². The summed E-state index contributed by atoms with van der Waals surface area (Å²) in [6, 6.07) is 17.1. The minimum absolute atomic E-state index is 0. The van der Waals surface area contributed by atoms with Crippen molar-refractivity contribution in [2.24, 2.45) is 0 Å². The van der Waals surface area contributed by atoms with Crippen LogP contribution >= 0.6 is 24.8 Å². The Balaban J connectivity index is 0.000000722. The van der Waals surface area contributed by atoms with Crippen LogP contribution in [0.1, 0.15) is 11.1 Å². The van der Waals surface area contributed by atoms with E-state index >= 15 is 0 Å². The van der Waals surface area contributed by atoms with Crippen molar-refractivity contribution in [2.45, 2.75) is 12.8 Å². The molecule has 2 aromatic carbocycles. The summed E-state index contributed by atoms with van der Waals surface area (Å²) in [5.74, 6) is 0. The average molecular weight is 268 g/mol. The minimum Gasteiger partial charge on any atom is -0.355 e. The predicted octanol–water partition coefficient (Wildman–Crippen LogP) is 4.37. The highest BCUT2D eigenvalue weighted by atomic mass is 35.5. The van der Waals surface area contributed by atoms with Crippen LogP contribution in [0.2, 0.25) is 0 Å². The minimum atomic E-state index is 0. The quantitative estimate of drug-likeness (QED) is 0.748. The third kappa shape index (κ3) is 2.74. The van der Waals surface area contributed by atoms with Crippen LogP contribution in [0.3, 0.4) is 0 Å². The number of nitrogens with one attached hydrogen (secondary N) is 1. The summed E-state index contributed by atoms with van der Waals surface area (Å²) in [7, 11) is 0. The fourth-order valence-corrected chi connectivity index (χ4v) is 2.13. The second kappa shape index (κ2) is 5.95. The molecular weight excluding hydrogens is 253 g/mol. The molecule has 0 amide bonds. The molecule has 1 heterocycles. The van der Waals surface area contributed by atoms with Gasteiger partial charge in [0.05, 0.1) is 0 Å². The Morgan fingerprint density at radius 1 is 0.647 bits per heavy atom. The Morgan fingerprint density at radius 3 is 1.53 bits per heavy atom. The number of anilines is 2. The number of benzene rings is 2. The molecule has 1 aliphatic rings. The second-order valence-corrected chi connectivity index (χ2v) is 3.94. The Kier molecular flexibility index (Phi) is 4.86. The SMILES string of the molecule is Cl.Cl.c1ccc2c(c1)CCc1ccccc1N2. The molecule has 0 radical (unpaired) electrons. The van der Waals surface area contributed by atoms with Gasteiger partial charge in [-0.05, 0) is 36.1 Å². The lowest BCUT2D eigenvalue weighted by Crippen LogP contribution is -1.92. The summed E-state index contributed by atoms with van der Waals surface area (Å²) in [5.41, 5.74) is 5.33. The molecule has 0 saturated heterocycles.